The summed E-state index contributed by atoms with van der Waals surface area (Å²) in [5, 5.41) is 2.73. The lowest BCUT2D eigenvalue weighted by atomic mass is 9.96. The first-order valence-corrected chi connectivity index (χ1v) is 7.34. The van der Waals surface area contributed by atoms with Gasteiger partial charge >= 0.3 is 0 Å². The van der Waals surface area contributed by atoms with E-state index in [0.29, 0.717) is 18.1 Å². The maximum Gasteiger partial charge on any atom is 0.0450 e. The SMILES string of the molecule is NC1CC2CCC(C1)N2c1cccc2ccccc12. The Bertz CT molecular complexity index is 588. The molecule has 2 atom stereocenters. The van der Waals surface area contributed by atoms with Gasteiger partial charge in [-0.15, -0.1) is 0 Å². The summed E-state index contributed by atoms with van der Waals surface area (Å²) in [6.07, 6.45) is 4.92. The first-order chi connectivity index (χ1) is 9.33. The fourth-order valence-corrected chi connectivity index (χ4v) is 4.05. The minimum absolute atomic E-state index is 0.406. The van der Waals surface area contributed by atoms with Crippen LogP contribution < -0.4 is 10.6 Å². The number of hydrogen-bond acceptors (Lipinski definition) is 2. The van der Waals surface area contributed by atoms with Crippen LogP contribution in [-0.2, 0) is 0 Å². The molecule has 2 fully saturated rings. The molecule has 98 valence electrons. The summed E-state index contributed by atoms with van der Waals surface area (Å²) in [4.78, 5) is 2.66. The van der Waals surface area contributed by atoms with Gasteiger partial charge in [-0.2, -0.15) is 0 Å². The van der Waals surface area contributed by atoms with Crippen molar-refractivity contribution in [3.8, 4) is 0 Å². The second-order valence-corrected chi connectivity index (χ2v) is 6.02. The Labute approximate surface area is 114 Å². The molecule has 2 bridgehead atoms. The number of anilines is 1. The molecule has 0 aromatic heterocycles. The Morgan fingerprint density at radius 1 is 0.895 bits per heavy atom. The quantitative estimate of drug-likeness (QED) is 0.843. The maximum atomic E-state index is 6.18. The van der Waals surface area contributed by atoms with E-state index in [-0.39, 0.29) is 0 Å². The molecule has 0 amide bonds. The smallest absolute Gasteiger partial charge is 0.0450 e. The van der Waals surface area contributed by atoms with E-state index in [0.717, 1.165) is 12.8 Å². The van der Waals surface area contributed by atoms with Crippen LogP contribution in [0.1, 0.15) is 25.7 Å². The molecule has 0 radical (unpaired) electrons. The molecular weight excluding hydrogens is 232 g/mol. The van der Waals surface area contributed by atoms with Crippen LogP contribution in [0.5, 0.6) is 0 Å². The van der Waals surface area contributed by atoms with E-state index in [4.69, 9.17) is 5.73 Å². The Morgan fingerprint density at radius 3 is 2.37 bits per heavy atom. The van der Waals surface area contributed by atoms with Crippen molar-refractivity contribution >= 4 is 16.5 Å². The van der Waals surface area contributed by atoms with Crippen molar-refractivity contribution < 1.29 is 0 Å². The molecule has 19 heavy (non-hydrogen) atoms. The third kappa shape index (κ3) is 1.74. The van der Waals surface area contributed by atoms with Gasteiger partial charge in [-0.25, -0.2) is 0 Å². The lowest BCUT2D eigenvalue weighted by Gasteiger charge is -2.40. The minimum atomic E-state index is 0.406. The fourth-order valence-electron chi connectivity index (χ4n) is 4.05. The van der Waals surface area contributed by atoms with Gasteiger partial charge in [0.25, 0.3) is 0 Å². The van der Waals surface area contributed by atoms with Crippen molar-refractivity contribution in [1.82, 2.24) is 0 Å². The number of benzene rings is 2. The highest BCUT2D eigenvalue weighted by Crippen LogP contribution is 2.41. The van der Waals surface area contributed by atoms with Crippen LogP contribution in [0.3, 0.4) is 0 Å². The molecule has 2 nitrogen and oxygen atoms in total. The van der Waals surface area contributed by atoms with Crippen molar-refractivity contribution in [2.24, 2.45) is 5.73 Å². The molecular formula is C17H20N2. The van der Waals surface area contributed by atoms with Gasteiger partial charge in [0.05, 0.1) is 0 Å². The molecule has 2 aliphatic heterocycles. The van der Waals surface area contributed by atoms with Gasteiger partial charge in [0.15, 0.2) is 0 Å². The summed E-state index contributed by atoms with van der Waals surface area (Å²) in [7, 11) is 0. The average molecular weight is 252 g/mol. The van der Waals surface area contributed by atoms with Gasteiger partial charge in [-0.3, -0.25) is 0 Å². The second-order valence-electron chi connectivity index (χ2n) is 6.02. The zero-order valence-corrected chi connectivity index (χ0v) is 11.1. The molecule has 0 spiro atoms. The van der Waals surface area contributed by atoms with Gasteiger partial charge in [0, 0.05) is 29.2 Å². The molecule has 2 heterocycles. The lowest BCUT2D eigenvalue weighted by molar-refractivity contribution is 0.415. The van der Waals surface area contributed by atoms with E-state index < -0.39 is 0 Å². The summed E-state index contributed by atoms with van der Waals surface area (Å²) >= 11 is 0. The van der Waals surface area contributed by atoms with E-state index in [9.17, 15) is 0 Å². The molecule has 2 N–H and O–H groups in total. The van der Waals surface area contributed by atoms with Gasteiger partial charge < -0.3 is 10.6 Å². The van der Waals surface area contributed by atoms with Crippen molar-refractivity contribution in [3.63, 3.8) is 0 Å². The van der Waals surface area contributed by atoms with Crippen molar-refractivity contribution in [2.45, 2.75) is 43.8 Å². The predicted molar refractivity (Wildman–Crippen MR) is 80.4 cm³/mol. The van der Waals surface area contributed by atoms with Gasteiger partial charge in [-0.05, 0) is 37.1 Å². The van der Waals surface area contributed by atoms with Crippen LogP contribution in [0.2, 0.25) is 0 Å². The third-order valence-electron chi connectivity index (χ3n) is 4.81. The molecule has 0 saturated carbocycles. The summed E-state index contributed by atoms with van der Waals surface area (Å²) in [6, 6.07) is 17.1. The van der Waals surface area contributed by atoms with Crippen molar-refractivity contribution in [2.75, 3.05) is 4.90 Å². The van der Waals surface area contributed by atoms with Crippen LogP contribution in [0, 0.1) is 0 Å². The maximum absolute atomic E-state index is 6.18. The molecule has 2 aliphatic rings. The topological polar surface area (TPSA) is 29.3 Å². The van der Waals surface area contributed by atoms with Crippen LogP contribution in [0.15, 0.2) is 42.5 Å². The standard InChI is InChI=1S/C17H20N2/c18-13-10-14-8-9-15(11-13)19(14)17-7-3-5-12-4-1-2-6-16(12)17/h1-7,13-15H,8-11,18H2. The lowest BCUT2D eigenvalue weighted by Crippen LogP contribution is -2.47. The van der Waals surface area contributed by atoms with Gasteiger partial charge in [0.1, 0.15) is 0 Å². The number of rotatable bonds is 1. The molecule has 2 aromatic rings. The summed E-state index contributed by atoms with van der Waals surface area (Å²) in [5.74, 6) is 0. The largest absolute Gasteiger partial charge is 0.365 e. The van der Waals surface area contributed by atoms with E-state index >= 15 is 0 Å². The second kappa shape index (κ2) is 4.24. The molecule has 2 saturated heterocycles. The highest BCUT2D eigenvalue weighted by atomic mass is 15.2. The van der Waals surface area contributed by atoms with E-state index in [1.165, 1.54) is 29.3 Å². The first kappa shape index (κ1) is 11.3. The normalized spacial score (nSPS) is 29.9. The monoisotopic (exact) mass is 252 g/mol. The van der Waals surface area contributed by atoms with Gasteiger partial charge in [0.2, 0.25) is 0 Å². The third-order valence-corrected chi connectivity index (χ3v) is 4.81. The number of hydrogen-bond donors (Lipinski definition) is 1. The molecule has 0 aliphatic carbocycles. The fraction of sp³-hybridized carbons (Fsp3) is 0.412. The van der Waals surface area contributed by atoms with Crippen LogP contribution >= 0.6 is 0 Å². The predicted octanol–water partition coefficient (Wildman–Crippen LogP) is 3.30. The number of piperidine rings is 1. The zero-order valence-electron chi connectivity index (χ0n) is 11.1. The van der Waals surface area contributed by atoms with Crippen LogP contribution in [0.25, 0.3) is 10.8 Å². The van der Waals surface area contributed by atoms with E-state index in [1.54, 1.807) is 0 Å². The molecule has 2 unspecified atom stereocenters. The van der Waals surface area contributed by atoms with Crippen LogP contribution in [0.4, 0.5) is 5.69 Å². The number of nitrogens with zero attached hydrogens (tertiary/aromatic N) is 1. The average Bonchev–Trinajstić information content (AvgIpc) is 2.70. The summed E-state index contributed by atoms with van der Waals surface area (Å²) in [5.41, 5.74) is 7.60. The molecule has 4 rings (SSSR count). The van der Waals surface area contributed by atoms with Crippen molar-refractivity contribution in [1.29, 1.82) is 0 Å². The van der Waals surface area contributed by atoms with E-state index in [1.807, 2.05) is 0 Å². The Hall–Kier alpha value is -1.54. The summed E-state index contributed by atoms with van der Waals surface area (Å²) in [6.45, 7) is 0. The van der Waals surface area contributed by atoms with Crippen molar-refractivity contribution in [3.05, 3.63) is 42.5 Å². The molecule has 2 heteroatoms. The van der Waals surface area contributed by atoms with Gasteiger partial charge in [-0.1, -0.05) is 36.4 Å². The highest BCUT2D eigenvalue weighted by molar-refractivity contribution is 5.94. The van der Waals surface area contributed by atoms with E-state index in [2.05, 4.69) is 47.4 Å². The number of nitrogens with two attached hydrogens (primary N) is 1. The Kier molecular flexibility index (Phi) is 2.52. The Balaban J connectivity index is 1.83. The zero-order chi connectivity index (χ0) is 12.8. The van der Waals surface area contributed by atoms with Crippen LogP contribution in [-0.4, -0.2) is 18.1 Å². The molecule has 2 aromatic carbocycles. The number of fused-ring (bicyclic) bond motifs is 3. The Morgan fingerprint density at radius 2 is 1.58 bits per heavy atom. The minimum Gasteiger partial charge on any atom is -0.365 e. The highest BCUT2D eigenvalue weighted by Gasteiger charge is 2.39. The summed E-state index contributed by atoms with van der Waals surface area (Å²) < 4.78 is 0. The first-order valence-electron chi connectivity index (χ1n) is 7.34.